The van der Waals surface area contributed by atoms with Gasteiger partial charge in [-0.2, -0.15) is 11.3 Å². The lowest BCUT2D eigenvalue weighted by molar-refractivity contribution is 0.0785. The molecule has 0 spiro atoms. The Labute approximate surface area is 103 Å². The van der Waals surface area contributed by atoms with Crippen molar-refractivity contribution in [1.29, 1.82) is 0 Å². The zero-order chi connectivity index (χ0) is 12.3. The number of aromatic amines is 1. The summed E-state index contributed by atoms with van der Waals surface area (Å²) >= 11 is 1.60. The van der Waals surface area contributed by atoms with Crippen molar-refractivity contribution in [2.45, 2.75) is 6.54 Å². The topological polar surface area (TPSA) is 53.2 Å². The molecule has 0 atom stereocenters. The number of thiophene rings is 1. The Balaban J connectivity index is 2.12. The Morgan fingerprint density at radius 1 is 1.47 bits per heavy atom. The minimum Gasteiger partial charge on any atom is -0.337 e. The fourth-order valence-electron chi connectivity index (χ4n) is 1.53. The van der Waals surface area contributed by atoms with Gasteiger partial charge in [0.15, 0.2) is 0 Å². The lowest BCUT2D eigenvalue weighted by Crippen LogP contribution is -2.27. The van der Waals surface area contributed by atoms with Crippen LogP contribution in [0, 0.1) is 0 Å². The maximum atomic E-state index is 12.0. The molecule has 0 radical (unpaired) electrons. The third kappa shape index (κ3) is 2.82. The highest BCUT2D eigenvalue weighted by molar-refractivity contribution is 7.07. The van der Waals surface area contributed by atoms with Gasteiger partial charge >= 0.3 is 0 Å². The average Bonchev–Trinajstić information content (AvgIpc) is 2.80. The second-order valence-electron chi connectivity index (χ2n) is 3.73. The number of nitrogens with zero attached hydrogens (tertiary/aromatic N) is 1. The number of rotatable bonds is 3. The molecule has 2 aromatic rings. The predicted molar refractivity (Wildman–Crippen MR) is 67.2 cm³/mol. The van der Waals surface area contributed by atoms with Gasteiger partial charge in [0, 0.05) is 31.4 Å². The van der Waals surface area contributed by atoms with Crippen molar-refractivity contribution in [3.63, 3.8) is 0 Å². The molecule has 2 aromatic heterocycles. The Hall–Kier alpha value is -1.88. The lowest BCUT2D eigenvalue weighted by atomic mass is 10.2. The smallest absolute Gasteiger partial charge is 0.254 e. The third-order valence-electron chi connectivity index (χ3n) is 2.37. The fraction of sp³-hybridized carbons (Fsp3) is 0.167. The summed E-state index contributed by atoms with van der Waals surface area (Å²) in [6.45, 7) is 0.551. The highest BCUT2D eigenvalue weighted by atomic mass is 32.1. The number of nitrogens with one attached hydrogen (secondary N) is 1. The number of hydrogen-bond donors (Lipinski definition) is 1. The Bertz CT molecular complexity index is 560. The van der Waals surface area contributed by atoms with Crippen LogP contribution in [0.25, 0.3) is 0 Å². The number of carbonyl (C=O) groups excluding carboxylic acids is 1. The first kappa shape index (κ1) is 11.6. The molecule has 0 aliphatic carbocycles. The number of amides is 1. The fourth-order valence-corrected chi connectivity index (χ4v) is 2.19. The molecule has 0 unspecified atom stereocenters. The number of pyridine rings is 1. The summed E-state index contributed by atoms with van der Waals surface area (Å²) < 4.78 is 0. The molecule has 0 aliphatic heterocycles. The molecule has 1 N–H and O–H groups in total. The van der Waals surface area contributed by atoms with Gasteiger partial charge in [-0.15, -0.1) is 0 Å². The molecule has 1 amide bonds. The molecular weight excluding hydrogens is 236 g/mol. The van der Waals surface area contributed by atoms with E-state index < -0.39 is 0 Å². The van der Waals surface area contributed by atoms with E-state index in [0.29, 0.717) is 12.1 Å². The van der Waals surface area contributed by atoms with Crippen molar-refractivity contribution in [2.24, 2.45) is 0 Å². The molecule has 0 aliphatic rings. The van der Waals surface area contributed by atoms with Gasteiger partial charge in [0.25, 0.3) is 5.91 Å². The number of hydrogen-bond acceptors (Lipinski definition) is 3. The summed E-state index contributed by atoms with van der Waals surface area (Å²) in [5, 5.41) is 3.97. The van der Waals surface area contributed by atoms with Crippen LogP contribution < -0.4 is 5.56 Å². The van der Waals surface area contributed by atoms with Crippen LogP contribution in [-0.4, -0.2) is 22.8 Å². The minimum atomic E-state index is -0.264. The van der Waals surface area contributed by atoms with Gasteiger partial charge < -0.3 is 9.88 Å². The number of aromatic nitrogens is 1. The summed E-state index contributed by atoms with van der Waals surface area (Å²) in [6, 6.07) is 4.90. The highest BCUT2D eigenvalue weighted by Crippen LogP contribution is 2.10. The Morgan fingerprint density at radius 2 is 2.29 bits per heavy atom. The molecule has 0 saturated carbocycles. The van der Waals surface area contributed by atoms with E-state index in [4.69, 9.17) is 0 Å². The van der Waals surface area contributed by atoms with Crippen LogP contribution in [0.3, 0.4) is 0 Å². The van der Waals surface area contributed by atoms with Crippen molar-refractivity contribution >= 4 is 17.2 Å². The first-order chi connectivity index (χ1) is 8.16. The van der Waals surface area contributed by atoms with Crippen LogP contribution in [0.1, 0.15) is 15.9 Å². The zero-order valence-electron chi connectivity index (χ0n) is 9.34. The van der Waals surface area contributed by atoms with Gasteiger partial charge in [-0.3, -0.25) is 9.59 Å². The van der Waals surface area contributed by atoms with Crippen molar-refractivity contribution in [2.75, 3.05) is 7.05 Å². The monoisotopic (exact) mass is 248 g/mol. The average molecular weight is 248 g/mol. The van der Waals surface area contributed by atoms with Gasteiger partial charge in [0.1, 0.15) is 0 Å². The molecule has 4 nitrogen and oxygen atoms in total. The van der Waals surface area contributed by atoms with Gasteiger partial charge in [-0.1, -0.05) is 0 Å². The first-order valence-electron chi connectivity index (χ1n) is 5.12. The van der Waals surface area contributed by atoms with E-state index in [9.17, 15) is 9.59 Å². The highest BCUT2D eigenvalue weighted by Gasteiger charge is 2.12. The molecule has 88 valence electrons. The molecule has 0 fully saturated rings. The zero-order valence-corrected chi connectivity index (χ0v) is 10.2. The van der Waals surface area contributed by atoms with Crippen molar-refractivity contribution < 1.29 is 4.79 Å². The van der Waals surface area contributed by atoms with E-state index in [1.807, 2.05) is 16.8 Å². The summed E-state index contributed by atoms with van der Waals surface area (Å²) in [7, 11) is 1.72. The Morgan fingerprint density at radius 3 is 2.94 bits per heavy atom. The minimum absolute atomic E-state index is 0.151. The summed E-state index contributed by atoms with van der Waals surface area (Å²) in [4.78, 5) is 27.2. The largest absolute Gasteiger partial charge is 0.337 e. The van der Waals surface area contributed by atoms with Gasteiger partial charge in [0.2, 0.25) is 5.56 Å². The van der Waals surface area contributed by atoms with E-state index in [0.717, 1.165) is 5.56 Å². The van der Waals surface area contributed by atoms with E-state index in [1.165, 1.54) is 12.3 Å². The van der Waals surface area contributed by atoms with E-state index in [1.54, 1.807) is 29.4 Å². The first-order valence-corrected chi connectivity index (χ1v) is 6.06. The molecule has 2 rings (SSSR count). The molecular formula is C12H12N2O2S. The number of H-pyrrole nitrogens is 1. The Kier molecular flexibility index (Phi) is 3.39. The molecule has 0 bridgehead atoms. The van der Waals surface area contributed by atoms with Crippen molar-refractivity contribution in [1.82, 2.24) is 9.88 Å². The quantitative estimate of drug-likeness (QED) is 0.899. The van der Waals surface area contributed by atoms with E-state index in [-0.39, 0.29) is 11.5 Å². The molecule has 2 heterocycles. The van der Waals surface area contributed by atoms with Gasteiger partial charge in [-0.25, -0.2) is 0 Å². The summed E-state index contributed by atoms with van der Waals surface area (Å²) in [6.07, 6.45) is 1.48. The van der Waals surface area contributed by atoms with Gasteiger partial charge in [-0.05, 0) is 28.5 Å². The molecule has 17 heavy (non-hydrogen) atoms. The molecule has 0 aromatic carbocycles. The maximum absolute atomic E-state index is 12.0. The van der Waals surface area contributed by atoms with Crippen LogP contribution in [0.2, 0.25) is 0 Å². The lowest BCUT2D eigenvalue weighted by Gasteiger charge is -2.16. The van der Waals surface area contributed by atoms with Crippen LogP contribution in [-0.2, 0) is 6.54 Å². The standard InChI is InChI=1S/C12H12N2O2S/c1-14(7-9-3-5-17-8-9)12(16)10-2-4-13-11(15)6-10/h2-6,8H,7H2,1H3,(H,13,15). The normalized spacial score (nSPS) is 10.2. The third-order valence-corrected chi connectivity index (χ3v) is 3.10. The van der Waals surface area contributed by atoms with Crippen molar-refractivity contribution in [3.05, 3.63) is 56.6 Å². The van der Waals surface area contributed by atoms with Crippen LogP contribution >= 0.6 is 11.3 Å². The summed E-state index contributed by atoms with van der Waals surface area (Å²) in [5.41, 5.74) is 1.24. The number of carbonyl (C=O) groups is 1. The second-order valence-corrected chi connectivity index (χ2v) is 4.51. The van der Waals surface area contributed by atoms with Crippen LogP contribution in [0.15, 0.2) is 40.0 Å². The molecule has 0 saturated heterocycles. The second kappa shape index (κ2) is 4.97. The van der Waals surface area contributed by atoms with Crippen LogP contribution in [0.5, 0.6) is 0 Å². The summed E-state index contributed by atoms with van der Waals surface area (Å²) in [5.74, 6) is -0.151. The molecule has 5 heteroatoms. The SMILES string of the molecule is CN(Cc1ccsc1)C(=O)c1cc[nH]c(=O)c1. The van der Waals surface area contributed by atoms with E-state index in [2.05, 4.69) is 4.98 Å². The van der Waals surface area contributed by atoms with Crippen molar-refractivity contribution in [3.8, 4) is 0 Å². The maximum Gasteiger partial charge on any atom is 0.254 e. The van der Waals surface area contributed by atoms with E-state index >= 15 is 0 Å². The van der Waals surface area contributed by atoms with Gasteiger partial charge in [0.05, 0.1) is 0 Å². The van der Waals surface area contributed by atoms with Crippen LogP contribution in [0.4, 0.5) is 0 Å². The predicted octanol–water partition coefficient (Wildman–Crippen LogP) is 1.71.